The number of thiol groups is 1. The fourth-order valence-electron chi connectivity index (χ4n) is 6.01. The summed E-state index contributed by atoms with van der Waals surface area (Å²) in [6.45, 7) is 0.137. The number of nitrogens with two attached hydrogens (primary N) is 3. The van der Waals surface area contributed by atoms with E-state index in [2.05, 4.69) is 44.5 Å². The topological polar surface area (TPSA) is 368 Å². The minimum absolute atomic E-state index is 0.0523. The van der Waals surface area contributed by atoms with Gasteiger partial charge in [0.05, 0.1) is 6.54 Å². The lowest BCUT2D eigenvalue weighted by molar-refractivity contribution is -0.142. The number of carboxylic acid groups (broad SMARTS) is 2. The zero-order valence-electron chi connectivity index (χ0n) is 34.2. The molecule has 2 aromatic rings. The highest BCUT2D eigenvalue weighted by Crippen LogP contribution is 2.15. The Labute approximate surface area is 364 Å². The molecule has 6 atom stereocenters. The van der Waals surface area contributed by atoms with E-state index in [4.69, 9.17) is 17.2 Å². The van der Waals surface area contributed by atoms with Gasteiger partial charge >= 0.3 is 11.9 Å². The summed E-state index contributed by atoms with van der Waals surface area (Å²) in [5.74, 6) is -8.19. The van der Waals surface area contributed by atoms with Gasteiger partial charge in [-0.25, -0.2) is 4.79 Å². The highest BCUT2D eigenvalue weighted by molar-refractivity contribution is 7.80. The van der Waals surface area contributed by atoms with Gasteiger partial charge in [0.1, 0.15) is 47.8 Å². The van der Waals surface area contributed by atoms with Crippen LogP contribution in [-0.2, 0) is 51.2 Å². The Morgan fingerprint density at radius 3 is 1.26 bits per heavy atom. The van der Waals surface area contributed by atoms with Crippen LogP contribution in [0.5, 0.6) is 11.5 Å². The molecule has 0 aliphatic rings. The van der Waals surface area contributed by atoms with Crippen LogP contribution < -0.4 is 49.1 Å². The SMILES string of the molecule is NCCCCC(NC(=O)C(CCCCN)NC(=O)C(Cc1ccc(O)cc1)NC(=O)C(Cc1ccc(O)cc1)NC(=O)C(CCC(=O)O)NC(=O)C(CS)NC(=O)CN)C(=O)O. The second-order valence-corrected chi connectivity index (χ2v) is 14.8. The maximum atomic E-state index is 14.3. The average Bonchev–Trinajstić information content (AvgIpc) is 3.23. The van der Waals surface area contributed by atoms with Crippen molar-refractivity contribution in [2.75, 3.05) is 25.4 Å². The summed E-state index contributed by atoms with van der Waals surface area (Å²) in [6, 6.07) is 2.94. The van der Waals surface area contributed by atoms with Crippen LogP contribution in [0.15, 0.2) is 48.5 Å². The molecule has 0 bridgehead atoms. The van der Waals surface area contributed by atoms with Crippen molar-refractivity contribution in [3.05, 3.63) is 59.7 Å². The zero-order chi connectivity index (χ0) is 46.2. The number of carbonyl (C=O) groups excluding carboxylic acids is 6. The van der Waals surface area contributed by atoms with Gasteiger partial charge in [-0.2, -0.15) is 12.6 Å². The van der Waals surface area contributed by atoms with E-state index in [0.29, 0.717) is 43.4 Å². The predicted molar refractivity (Wildman–Crippen MR) is 228 cm³/mol. The van der Waals surface area contributed by atoms with Gasteiger partial charge in [-0.3, -0.25) is 33.6 Å². The first-order valence-electron chi connectivity index (χ1n) is 20.0. The largest absolute Gasteiger partial charge is 0.508 e. The minimum atomic E-state index is -1.56. The van der Waals surface area contributed by atoms with Gasteiger partial charge in [0, 0.05) is 25.0 Å². The molecule has 22 heteroatoms. The number of unbranched alkanes of at least 4 members (excludes halogenated alkanes) is 2. The van der Waals surface area contributed by atoms with Gasteiger partial charge in [0.2, 0.25) is 35.4 Å². The summed E-state index contributed by atoms with van der Waals surface area (Å²) in [5, 5.41) is 53.9. The molecule has 0 fully saturated rings. The average molecular weight is 890 g/mol. The van der Waals surface area contributed by atoms with Gasteiger partial charge in [0.25, 0.3) is 0 Å². The number of aromatic hydroxyl groups is 2. The standard InChI is InChI=1S/C40H59N9O12S/c41-17-3-1-5-27(35(55)47-29(40(60)61)6-2-4-18-42)45-37(57)30(19-23-7-11-25(50)12-8-23)49-38(58)31(20-24-9-13-26(51)14-10-24)48-36(56)28(15-16-34(53)54)46-39(59)32(22-62)44-33(52)21-43/h7-14,27-32,50-51,62H,1-6,15-22,41-43H2,(H,44,52)(H,45,57)(H,46,59)(H,47,55)(H,48,56)(H,49,58)(H,53,54)(H,60,61). The number of aliphatic carboxylic acids is 2. The number of hydrogen-bond acceptors (Lipinski definition) is 14. The molecule has 0 aliphatic carbocycles. The van der Waals surface area contributed by atoms with Gasteiger partial charge in [-0.05, 0) is 93.4 Å². The third-order valence-electron chi connectivity index (χ3n) is 9.46. The fourth-order valence-corrected chi connectivity index (χ4v) is 6.27. The maximum Gasteiger partial charge on any atom is 0.326 e. The second-order valence-electron chi connectivity index (χ2n) is 14.4. The number of benzene rings is 2. The molecule has 0 aromatic heterocycles. The summed E-state index contributed by atoms with van der Waals surface area (Å²) in [4.78, 5) is 104. The maximum absolute atomic E-state index is 14.3. The molecule has 2 rings (SSSR count). The number of hydrogen-bond donors (Lipinski definition) is 14. The van der Waals surface area contributed by atoms with E-state index in [1.54, 1.807) is 0 Å². The summed E-state index contributed by atoms with van der Waals surface area (Å²) in [5.41, 5.74) is 17.4. The Hall–Kier alpha value is -5.97. The summed E-state index contributed by atoms with van der Waals surface area (Å²) < 4.78 is 0. The molecule has 2 aromatic carbocycles. The highest BCUT2D eigenvalue weighted by atomic mass is 32.1. The molecule has 0 saturated heterocycles. The van der Waals surface area contributed by atoms with Crippen molar-refractivity contribution in [2.45, 2.75) is 100 Å². The number of phenols is 2. The Kier molecular flexibility index (Phi) is 23.4. The molecular weight excluding hydrogens is 831 g/mol. The van der Waals surface area contributed by atoms with E-state index in [0.717, 1.165) is 0 Å². The molecular formula is C40H59N9O12S. The molecule has 16 N–H and O–H groups in total. The van der Waals surface area contributed by atoms with Gasteiger partial charge in [0.15, 0.2) is 0 Å². The monoisotopic (exact) mass is 889 g/mol. The minimum Gasteiger partial charge on any atom is -0.508 e. The molecule has 0 aliphatic heterocycles. The molecule has 21 nitrogen and oxygen atoms in total. The van der Waals surface area contributed by atoms with Crippen LogP contribution in [0.4, 0.5) is 0 Å². The molecule has 0 saturated carbocycles. The van der Waals surface area contributed by atoms with Crippen molar-refractivity contribution in [3.63, 3.8) is 0 Å². The molecule has 0 radical (unpaired) electrons. The smallest absolute Gasteiger partial charge is 0.326 e. The van der Waals surface area contributed by atoms with Crippen LogP contribution in [0, 0.1) is 0 Å². The van der Waals surface area contributed by atoms with Crippen LogP contribution in [0.25, 0.3) is 0 Å². The van der Waals surface area contributed by atoms with Crippen molar-refractivity contribution in [1.82, 2.24) is 31.9 Å². The molecule has 6 unspecified atom stereocenters. The zero-order valence-corrected chi connectivity index (χ0v) is 35.1. The first-order valence-corrected chi connectivity index (χ1v) is 20.7. The van der Waals surface area contributed by atoms with Crippen molar-refractivity contribution in [2.24, 2.45) is 17.2 Å². The Bertz CT molecular complexity index is 1800. The summed E-state index contributed by atoms with van der Waals surface area (Å²) in [7, 11) is 0. The molecule has 0 spiro atoms. The lowest BCUT2D eigenvalue weighted by Gasteiger charge is -2.27. The van der Waals surface area contributed by atoms with Crippen molar-refractivity contribution in [3.8, 4) is 11.5 Å². The third-order valence-corrected chi connectivity index (χ3v) is 9.82. The second kappa shape index (κ2) is 27.8. The number of carboxylic acids is 2. The molecule has 62 heavy (non-hydrogen) atoms. The van der Waals surface area contributed by atoms with Crippen molar-refractivity contribution >= 4 is 60.0 Å². The lowest BCUT2D eigenvalue weighted by atomic mass is 10.0. The summed E-state index contributed by atoms with van der Waals surface area (Å²) in [6.07, 6.45) is 0.406. The van der Waals surface area contributed by atoms with E-state index in [9.17, 15) is 58.8 Å². The normalized spacial score (nSPS) is 13.8. The number of nitrogens with one attached hydrogen (secondary N) is 6. The quantitative estimate of drug-likeness (QED) is 0.0307. The third kappa shape index (κ3) is 19.2. The predicted octanol–water partition coefficient (Wildman–Crippen LogP) is -2.11. The van der Waals surface area contributed by atoms with Gasteiger partial charge < -0.3 is 69.5 Å². The van der Waals surface area contributed by atoms with Crippen LogP contribution in [0.3, 0.4) is 0 Å². The number of rotatable bonds is 29. The molecule has 6 amide bonds. The van der Waals surface area contributed by atoms with E-state index in [1.165, 1.54) is 48.5 Å². The van der Waals surface area contributed by atoms with Gasteiger partial charge in [-0.1, -0.05) is 24.3 Å². The number of amides is 6. The Morgan fingerprint density at radius 1 is 0.500 bits per heavy atom. The first-order chi connectivity index (χ1) is 29.5. The van der Waals surface area contributed by atoms with Crippen LogP contribution in [0.2, 0.25) is 0 Å². The first kappa shape index (κ1) is 52.2. The van der Waals surface area contributed by atoms with E-state index in [1.807, 2.05) is 0 Å². The Morgan fingerprint density at radius 2 is 0.871 bits per heavy atom. The van der Waals surface area contributed by atoms with Crippen molar-refractivity contribution in [1.29, 1.82) is 0 Å². The molecule has 342 valence electrons. The van der Waals surface area contributed by atoms with E-state index in [-0.39, 0.29) is 49.5 Å². The molecule has 0 heterocycles. The Balaban J connectivity index is 2.53. The van der Waals surface area contributed by atoms with Crippen LogP contribution >= 0.6 is 12.6 Å². The number of carbonyl (C=O) groups is 8. The number of phenolic OH excluding ortho intramolecular Hbond substituents is 2. The fraction of sp³-hybridized carbons (Fsp3) is 0.500. The van der Waals surface area contributed by atoms with Crippen LogP contribution in [0.1, 0.15) is 62.5 Å². The summed E-state index contributed by atoms with van der Waals surface area (Å²) >= 11 is 4.07. The van der Waals surface area contributed by atoms with E-state index >= 15 is 0 Å². The van der Waals surface area contributed by atoms with Gasteiger partial charge in [-0.15, -0.1) is 0 Å². The van der Waals surface area contributed by atoms with Crippen LogP contribution in [-0.4, -0.2) is 129 Å². The highest BCUT2D eigenvalue weighted by Gasteiger charge is 2.34. The van der Waals surface area contributed by atoms with Crippen molar-refractivity contribution < 1.29 is 58.8 Å². The van der Waals surface area contributed by atoms with E-state index < -0.39 is 103 Å². The lowest BCUT2D eigenvalue weighted by Crippen LogP contribution is -2.60.